The van der Waals surface area contributed by atoms with Gasteiger partial charge >= 0.3 is 0 Å². The number of hydrogen-bond acceptors (Lipinski definition) is 6. The Morgan fingerprint density at radius 2 is 1.94 bits per heavy atom. The predicted molar refractivity (Wildman–Crippen MR) is 68.8 cm³/mol. The molecule has 0 aliphatic carbocycles. The zero-order valence-electron chi connectivity index (χ0n) is 10.1. The van der Waals surface area contributed by atoms with E-state index in [4.69, 9.17) is 5.73 Å². The first-order chi connectivity index (χ1) is 8.72. The molecule has 0 unspecified atom stereocenters. The van der Waals surface area contributed by atoms with Gasteiger partial charge in [-0.15, -0.1) is 0 Å². The molecule has 0 bridgehead atoms. The first-order valence-corrected chi connectivity index (χ1v) is 5.88. The molecule has 0 saturated carbocycles. The molecule has 6 nitrogen and oxygen atoms in total. The SMILES string of the molecule is CC1CN(c2ncc(-c3nccc(N)n3)cn2)C1. The lowest BCUT2D eigenvalue weighted by Crippen LogP contribution is -2.46. The Hall–Kier alpha value is -2.24. The van der Waals surface area contributed by atoms with Crippen LogP contribution >= 0.6 is 0 Å². The van der Waals surface area contributed by atoms with Crippen LogP contribution in [0.5, 0.6) is 0 Å². The second-order valence-corrected chi connectivity index (χ2v) is 4.59. The van der Waals surface area contributed by atoms with E-state index in [2.05, 4.69) is 31.8 Å². The minimum Gasteiger partial charge on any atom is -0.384 e. The Kier molecular flexibility index (Phi) is 2.55. The molecule has 3 rings (SSSR count). The lowest BCUT2D eigenvalue weighted by molar-refractivity contribution is 0.439. The van der Waals surface area contributed by atoms with Gasteiger partial charge in [-0.05, 0) is 12.0 Å². The molecule has 0 radical (unpaired) electrons. The Morgan fingerprint density at radius 1 is 1.22 bits per heavy atom. The molecule has 2 N–H and O–H groups in total. The van der Waals surface area contributed by atoms with Gasteiger partial charge in [-0.25, -0.2) is 19.9 Å². The maximum atomic E-state index is 5.62. The van der Waals surface area contributed by atoms with Crippen molar-refractivity contribution < 1.29 is 0 Å². The van der Waals surface area contributed by atoms with Crippen molar-refractivity contribution in [1.82, 2.24) is 19.9 Å². The van der Waals surface area contributed by atoms with Gasteiger partial charge in [0.2, 0.25) is 5.95 Å². The van der Waals surface area contributed by atoms with Crippen LogP contribution < -0.4 is 10.6 Å². The zero-order valence-corrected chi connectivity index (χ0v) is 10.1. The summed E-state index contributed by atoms with van der Waals surface area (Å²) in [5.41, 5.74) is 6.40. The summed E-state index contributed by atoms with van der Waals surface area (Å²) in [6, 6.07) is 1.65. The van der Waals surface area contributed by atoms with Gasteiger partial charge in [0.05, 0.1) is 5.56 Å². The van der Waals surface area contributed by atoms with Crippen LogP contribution in [0.2, 0.25) is 0 Å². The second kappa shape index (κ2) is 4.21. The summed E-state index contributed by atoms with van der Waals surface area (Å²) in [6.07, 6.45) is 5.10. The lowest BCUT2D eigenvalue weighted by Gasteiger charge is -2.36. The van der Waals surface area contributed by atoms with E-state index < -0.39 is 0 Å². The summed E-state index contributed by atoms with van der Waals surface area (Å²) in [5.74, 6) is 2.49. The van der Waals surface area contributed by atoms with E-state index in [-0.39, 0.29) is 0 Å². The van der Waals surface area contributed by atoms with Crippen LogP contribution in [0.1, 0.15) is 6.92 Å². The van der Waals surface area contributed by atoms with Crippen molar-refractivity contribution in [3.05, 3.63) is 24.7 Å². The number of nitrogens with zero attached hydrogens (tertiary/aromatic N) is 5. The molecular formula is C12H14N6. The van der Waals surface area contributed by atoms with Crippen LogP contribution in [0.25, 0.3) is 11.4 Å². The van der Waals surface area contributed by atoms with E-state index in [9.17, 15) is 0 Å². The van der Waals surface area contributed by atoms with Crippen molar-refractivity contribution in [2.24, 2.45) is 5.92 Å². The van der Waals surface area contributed by atoms with E-state index in [1.54, 1.807) is 24.7 Å². The molecule has 3 heterocycles. The Morgan fingerprint density at radius 3 is 2.56 bits per heavy atom. The van der Waals surface area contributed by atoms with Gasteiger partial charge in [-0.1, -0.05) is 6.92 Å². The number of hydrogen-bond donors (Lipinski definition) is 1. The Labute approximate surface area is 105 Å². The third-order valence-corrected chi connectivity index (χ3v) is 2.92. The van der Waals surface area contributed by atoms with Crippen LogP contribution in [-0.4, -0.2) is 33.0 Å². The summed E-state index contributed by atoms with van der Waals surface area (Å²) < 4.78 is 0. The topological polar surface area (TPSA) is 80.8 Å². The molecule has 0 aromatic carbocycles. The monoisotopic (exact) mass is 242 g/mol. The standard InChI is InChI=1S/C12H14N6/c1-8-6-18(7-8)12-15-4-9(5-16-12)11-14-3-2-10(13)17-11/h2-5,8H,6-7H2,1H3,(H2,13,14,17). The molecule has 1 aliphatic rings. The van der Waals surface area contributed by atoms with Crippen LogP contribution in [0, 0.1) is 5.92 Å². The summed E-state index contributed by atoms with van der Waals surface area (Å²) in [7, 11) is 0. The minimum atomic E-state index is 0.445. The Bertz CT molecular complexity index is 547. The average Bonchev–Trinajstić information content (AvgIpc) is 2.35. The summed E-state index contributed by atoms with van der Waals surface area (Å²) in [4.78, 5) is 19.1. The molecular weight excluding hydrogens is 228 g/mol. The number of aromatic nitrogens is 4. The van der Waals surface area contributed by atoms with Gasteiger partial charge in [-0.3, -0.25) is 0 Å². The number of nitrogens with two attached hydrogens (primary N) is 1. The van der Waals surface area contributed by atoms with Gasteiger partial charge < -0.3 is 10.6 Å². The molecule has 1 aliphatic heterocycles. The van der Waals surface area contributed by atoms with Crippen molar-refractivity contribution in [2.75, 3.05) is 23.7 Å². The molecule has 2 aromatic rings. The maximum Gasteiger partial charge on any atom is 0.225 e. The minimum absolute atomic E-state index is 0.445. The third-order valence-electron chi connectivity index (χ3n) is 2.92. The Balaban J connectivity index is 1.83. The molecule has 0 atom stereocenters. The normalized spacial score (nSPS) is 15.5. The van der Waals surface area contributed by atoms with Gasteiger partial charge in [0.15, 0.2) is 5.82 Å². The largest absolute Gasteiger partial charge is 0.384 e. The molecule has 0 amide bonds. The summed E-state index contributed by atoms with van der Waals surface area (Å²) in [5, 5.41) is 0. The lowest BCUT2D eigenvalue weighted by atomic mass is 10.0. The molecule has 1 saturated heterocycles. The predicted octanol–water partition coefficient (Wildman–Crippen LogP) is 0.972. The van der Waals surface area contributed by atoms with Crippen LogP contribution in [0.4, 0.5) is 11.8 Å². The fourth-order valence-corrected chi connectivity index (χ4v) is 1.97. The summed E-state index contributed by atoms with van der Waals surface area (Å²) >= 11 is 0. The second-order valence-electron chi connectivity index (χ2n) is 4.59. The van der Waals surface area contributed by atoms with E-state index in [1.807, 2.05) is 0 Å². The number of rotatable bonds is 2. The number of nitrogen functional groups attached to an aromatic ring is 1. The highest BCUT2D eigenvalue weighted by atomic mass is 15.3. The molecule has 2 aromatic heterocycles. The molecule has 6 heteroatoms. The van der Waals surface area contributed by atoms with Crippen molar-refractivity contribution >= 4 is 11.8 Å². The van der Waals surface area contributed by atoms with Crippen molar-refractivity contribution in [2.45, 2.75) is 6.92 Å². The highest BCUT2D eigenvalue weighted by Crippen LogP contribution is 2.21. The van der Waals surface area contributed by atoms with Gasteiger partial charge in [0.25, 0.3) is 0 Å². The molecule has 0 spiro atoms. The van der Waals surface area contributed by atoms with Crippen molar-refractivity contribution in [1.29, 1.82) is 0 Å². The first-order valence-electron chi connectivity index (χ1n) is 5.88. The molecule has 92 valence electrons. The van der Waals surface area contributed by atoms with Crippen molar-refractivity contribution in [3.8, 4) is 11.4 Å². The fraction of sp³-hybridized carbons (Fsp3) is 0.333. The number of anilines is 2. The first kappa shape index (κ1) is 10.9. The molecule has 18 heavy (non-hydrogen) atoms. The average molecular weight is 242 g/mol. The van der Waals surface area contributed by atoms with Gasteiger partial charge in [-0.2, -0.15) is 0 Å². The highest BCUT2D eigenvalue weighted by molar-refractivity contribution is 5.54. The van der Waals surface area contributed by atoms with Crippen LogP contribution in [0.3, 0.4) is 0 Å². The maximum absolute atomic E-state index is 5.62. The third kappa shape index (κ3) is 1.97. The van der Waals surface area contributed by atoms with Gasteiger partial charge in [0, 0.05) is 31.7 Å². The fourth-order valence-electron chi connectivity index (χ4n) is 1.97. The van der Waals surface area contributed by atoms with E-state index >= 15 is 0 Å². The highest BCUT2D eigenvalue weighted by Gasteiger charge is 2.24. The molecule has 1 fully saturated rings. The zero-order chi connectivity index (χ0) is 12.5. The smallest absolute Gasteiger partial charge is 0.225 e. The van der Waals surface area contributed by atoms with E-state index in [1.165, 1.54) is 0 Å². The van der Waals surface area contributed by atoms with Gasteiger partial charge in [0.1, 0.15) is 5.82 Å². The quantitative estimate of drug-likeness (QED) is 0.845. The van der Waals surface area contributed by atoms with Crippen LogP contribution in [-0.2, 0) is 0 Å². The summed E-state index contributed by atoms with van der Waals surface area (Å²) in [6.45, 7) is 4.26. The van der Waals surface area contributed by atoms with E-state index in [0.717, 1.165) is 30.5 Å². The van der Waals surface area contributed by atoms with Crippen LogP contribution in [0.15, 0.2) is 24.7 Å². The van der Waals surface area contributed by atoms with E-state index in [0.29, 0.717) is 11.6 Å². The van der Waals surface area contributed by atoms with Crippen molar-refractivity contribution in [3.63, 3.8) is 0 Å².